The van der Waals surface area contributed by atoms with Crippen LogP contribution in [-0.2, 0) is 21.3 Å². The van der Waals surface area contributed by atoms with E-state index in [9.17, 15) is 8.42 Å². The monoisotopic (exact) mass is 302 g/mol. The summed E-state index contributed by atoms with van der Waals surface area (Å²) in [6, 6.07) is 1.71. The number of rotatable bonds is 3. The molecular formula is C12H18N2O3S2. The first-order chi connectivity index (χ1) is 9.00. The molecule has 7 heteroatoms. The van der Waals surface area contributed by atoms with Crippen LogP contribution in [-0.4, -0.2) is 38.0 Å². The zero-order valence-corrected chi connectivity index (χ0v) is 12.5. The van der Waals surface area contributed by atoms with E-state index >= 15 is 0 Å². The quantitative estimate of drug-likeness (QED) is 0.906. The molecular weight excluding hydrogens is 284 g/mol. The molecule has 3 heterocycles. The van der Waals surface area contributed by atoms with E-state index in [1.807, 2.05) is 6.92 Å². The summed E-state index contributed by atoms with van der Waals surface area (Å²) in [7, 11) is -3.40. The first kappa shape index (κ1) is 13.5. The van der Waals surface area contributed by atoms with Gasteiger partial charge < -0.3 is 10.5 Å². The van der Waals surface area contributed by atoms with Crippen molar-refractivity contribution in [3.8, 4) is 0 Å². The fraction of sp³-hybridized carbons (Fsp3) is 0.667. The zero-order valence-electron chi connectivity index (χ0n) is 10.8. The minimum Gasteiger partial charge on any atom is -0.372 e. The summed E-state index contributed by atoms with van der Waals surface area (Å²) in [4.78, 5) is 2.14. The van der Waals surface area contributed by atoms with Gasteiger partial charge in [0.15, 0.2) is 0 Å². The van der Waals surface area contributed by atoms with Gasteiger partial charge in [-0.25, -0.2) is 8.42 Å². The molecule has 0 amide bonds. The van der Waals surface area contributed by atoms with Crippen molar-refractivity contribution in [3.05, 3.63) is 15.8 Å². The molecule has 2 bridgehead atoms. The lowest BCUT2D eigenvalue weighted by Gasteiger charge is -2.31. The normalized spacial score (nSPS) is 27.9. The number of sulfonamides is 1. The van der Waals surface area contributed by atoms with E-state index < -0.39 is 10.0 Å². The van der Waals surface area contributed by atoms with E-state index in [1.54, 1.807) is 10.4 Å². The van der Waals surface area contributed by atoms with Gasteiger partial charge in [0, 0.05) is 29.4 Å². The summed E-state index contributed by atoms with van der Waals surface area (Å²) in [6.07, 6.45) is 2.07. The summed E-state index contributed by atoms with van der Waals surface area (Å²) >= 11 is 1.46. The molecule has 0 spiro atoms. The molecule has 2 unspecified atom stereocenters. The second kappa shape index (κ2) is 4.82. The number of nitrogens with two attached hydrogens (primary N) is 1. The van der Waals surface area contributed by atoms with E-state index in [-0.39, 0.29) is 12.2 Å². The predicted molar refractivity (Wildman–Crippen MR) is 73.6 cm³/mol. The van der Waals surface area contributed by atoms with Crippen LogP contribution >= 0.6 is 11.3 Å². The maximum atomic E-state index is 12.7. The first-order valence-corrected chi connectivity index (χ1v) is 8.71. The van der Waals surface area contributed by atoms with Gasteiger partial charge in [-0.3, -0.25) is 0 Å². The molecule has 106 valence electrons. The Morgan fingerprint density at radius 3 is 2.58 bits per heavy atom. The maximum absolute atomic E-state index is 12.7. The molecule has 1 aromatic rings. The van der Waals surface area contributed by atoms with Gasteiger partial charge in [-0.05, 0) is 25.8 Å². The van der Waals surface area contributed by atoms with Crippen LogP contribution < -0.4 is 5.73 Å². The van der Waals surface area contributed by atoms with Crippen molar-refractivity contribution in [1.29, 1.82) is 0 Å². The van der Waals surface area contributed by atoms with E-state index in [2.05, 4.69) is 0 Å². The highest BCUT2D eigenvalue weighted by Gasteiger charge is 2.40. The molecule has 0 aliphatic carbocycles. The van der Waals surface area contributed by atoms with Crippen LogP contribution in [0.3, 0.4) is 0 Å². The Kier molecular flexibility index (Phi) is 3.43. The van der Waals surface area contributed by atoms with E-state index in [1.165, 1.54) is 11.3 Å². The molecule has 2 saturated heterocycles. The number of thiophene rings is 1. The average Bonchev–Trinajstić information content (AvgIpc) is 2.92. The van der Waals surface area contributed by atoms with Gasteiger partial charge in [0.2, 0.25) is 10.0 Å². The summed E-state index contributed by atoms with van der Waals surface area (Å²) in [5.41, 5.74) is 5.59. The molecule has 2 atom stereocenters. The van der Waals surface area contributed by atoms with E-state index in [4.69, 9.17) is 10.5 Å². The molecule has 19 heavy (non-hydrogen) atoms. The standard InChI is InChI=1S/C12H18N2O3S2/c1-8-12(4-11(5-13)18-8)19(15,16)14-6-9-2-3-10(7-14)17-9/h4,9-10H,2-3,5-7,13H2,1H3. The second-order valence-corrected chi connectivity index (χ2v) is 8.36. The maximum Gasteiger partial charge on any atom is 0.244 e. The molecule has 2 N–H and O–H groups in total. The molecule has 5 nitrogen and oxygen atoms in total. The predicted octanol–water partition coefficient (Wildman–Crippen LogP) is 1.07. The number of ether oxygens (including phenoxy) is 1. The molecule has 0 radical (unpaired) electrons. The van der Waals surface area contributed by atoms with Crippen molar-refractivity contribution in [2.75, 3.05) is 13.1 Å². The molecule has 2 aliphatic heterocycles. The van der Waals surface area contributed by atoms with E-state index in [0.29, 0.717) is 24.5 Å². The van der Waals surface area contributed by atoms with Crippen LogP contribution in [0.5, 0.6) is 0 Å². The summed E-state index contributed by atoms with van der Waals surface area (Å²) in [5, 5.41) is 0. The SMILES string of the molecule is Cc1sc(CN)cc1S(=O)(=O)N1CC2CCC(C1)O2. The van der Waals surface area contributed by atoms with Crippen molar-refractivity contribution in [2.45, 2.75) is 43.4 Å². The third-order valence-corrected chi connectivity index (χ3v) is 6.91. The van der Waals surface area contributed by atoms with Gasteiger partial charge in [-0.15, -0.1) is 11.3 Å². The number of aryl methyl sites for hydroxylation is 1. The minimum atomic E-state index is -3.40. The van der Waals surface area contributed by atoms with Crippen LogP contribution in [0.4, 0.5) is 0 Å². The van der Waals surface area contributed by atoms with Crippen LogP contribution in [0.15, 0.2) is 11.0 Å². The number of hydrogen-bond acceptors (Lipinski definition) is 5. The Morgan fingerprint density at radius 2 is 2.05 bits per heavy atom. The second-order valence-electron chi connectivity index (χ2n) is 5.12. The van der Waals surface area contributed by atoms with Gasteiger partial charge >= 0.3 is 0 Å². The highest BCUT2D eigenvalue weighted by molar-refractivity contribution is 7.89. The summed E-state index contributed by atoms with van der Waals surface area (Å²) < 4.78 is 32.7. The van der Waals surface area contributed by atoms with Gasteiger partial charge in [0.25, 0.3) is 0 Å². The lowest BCUT2D eigenvalue weighted by atomic mass is 10.2. The van der Waals surface area contributed by atoms with Crippen LogP contribution in [0.1, 0.15) is 22.6 Å². The molecule has 3 rings (SSSR count). The third kappa shape index (κ3) is 2.34. The number of nitrogens with zero attached hydrogens (tertiary/aromatic N) is 1. The third-order valence-electron chi connectivity index (χ3n) is 3.75. The van der Waals surface area contributed by atoms with Crippen molar-refractivity contribution in [2.24, 2.45) is 5.73 Å². The highest BCUT2D eigenvalue weighted by Crippen LogP contribution is 2.33. The Labute approximate surface area is 117 Å². The molecule has 0 saturated carbocycles. The fourth-order valence-corrected chi connectivity index (χ4v) is 5.78. The molecule has 2 fully saturated rings. The number of fused-ring (bicyclic) bond motifs is 2. The highest BCUT2D eigenvalue weighted by atomic mass is 32.2. The fourth-order valence-electron chi connectivity index (χ4n) is 2.79. The zero-order chi connectivity index (χ0) is 13.6. The van der Waals surface area contributed by atoms with Crippen molar-refractivity contribution in [3.63, 3.8) is 0 Å². The first-order valence-electron chi connectivity index (χ1n) is 6.45. The van der Waals surface area contributed by atoms with Crippen LogP contribution in [0, 0.1) is 6.92 Å². The Balaban J connectivity index is 1.91. The minimum absolute atomic E-state index is 0.0708. The average molecular weight is 302 g/mol. The van der Waals surface area contributed by atoms with Gasteiger partial charge in [0.1, 0.15) is 0 Å². The van der Waals surface area contributed by atoms with Crippen molar-refractivity contribution < 1.29 is 13.2 Å². The van der Waals surface area contributed by atoms with Gasteiger partial charge in [-0.1, -0.05) is 0 Å². The largest absolute Gasteiger partial charge is 0.372 e. The van der Waals surface area contributed by atoms with Crippen LogP contribution in [0.2, 0.25) is 0 Å². The van der Waals surface area contributed by atoms with E-state index in [0.717, 1.165) is 22.6 Å². The van der Waals surface area contributed by atoms with Crippen molar-refractivity contribution >= 4 is 21.4 Å². The topological polar surface area (TPSA) is 72.6 Å². The molecule has 0 aromatic carbocycles. The van der Waals surface area contributed by atoms with Crippen molar-refractivity contribution in [1.82, 2.24) is 4.31 Å². The smallest absolute Gasteiger partial charge is 0.244 e. The Bertz CT molecular complexity index is 570. The number of hydrogen-bond donors (Lipinski definition) is 1. The van der Waals surface area contributed by atoms with Gasteiger partial charge in [-0.2, -0.15) is 4.31 Å². The molecule has 2 aliphatic rings. The van der Waals surface area contributed by atoms with Gasteiger partial charge in [0.05, 0.1) is 17.1 Å². The number of morpholine rings is 1. The molecule has 1 aromatic heterocycles. The Hall–Kier alpha value is -0.470. The Morgan fingerprint density at radius 1 is 1.42 bits per heavy atom. The lowest BCUT2D eigenvalue weighted by Crippen LogP contribution is -2.45. The lowest BCUT2D eigenvalue weighted by molar-refractivity contribution is -0.0114. The summed E-state index contributed by atoms with van der Waals surface area (Å²) in [5.74, 6) is 0. The van der Waals surface area contributed by atoms with Crippen LogP contribution in [0.25, 0.3) is 0 Å². The summed E-state index contributed by atoms with van der Waals surface area (Å²) in [6.45, 7) is 3.18.